The molecule has 0 saturated heterocycles. The van der Waals surface area contributed by atoms with Crippen molar-refractivity contribution in [2.45, 2.75) is 44.4 Å². The van der Waals surface area contributed by atoms with Crippen molar-refractivity contribution < 1.29 is 0 Å². The number of hydrogen-bond donors (Lipinski definition) is 1. The van der Waals surface area contributed by atoms with Gasteiger partial charge in [0.1, 0.15) is 0 Å². The maximum atomic E-state index is 6.14. The lowest BCUT2D eigenvalue weighted by Crippen LogP contribution is -2.34. The van der Waals surface area contributed by atoms with Crippen molar-refractivity contribution >= 4 is 23.4 Å². The van der Waals surface area contributed by atoms with Crippen LogP contribution in [0, 0.1) is 5.92 Å². The van der Waals surface area contributed by atoms with E-state index in [4.69, 9.17) is 11.6 Å². The van der Waals surface area contributed by atoms with Crippen LogP contribution in [0.4, 0.5) is 0 Å². The highest BCUT2D eigenvalue weighted by Gasteiger charge is 2.16. The largest absolute Gasteiger partial charge is 0.313 e. The Bertz CT molecular complexity index is 375. The minimum atomic E-state index is 0.761. The van der Waals surface area contributed by atoms with Crippen LogP contribution in [0.2, 0.25) is 5.02 Å². The Morgan fingerprint density at radius 2 is 1.95 bits per heavy atom. The summed E-state index contributed by atoms with van der Waals surface area (Å²) in [4.78, 5) is 0. The van der Waals surface area contributed by atoms with E-state index < -0.39 is 0 Å². The molecule has 19 heavy (non-hydrogen) atoms. The van der Waals surface area contributed by atoms with Gasteiger partial charge in [-0.1, -0.05) is 36.7 Å². The van der Waals surface area contributed by atoms with Gasteiger partial charge in [-0.25, -0.2) is 0 Å². The van der Waals surface area contributed by atoms with Gasteiger partial charge in [-0.05, 0) is 43.2 Å². The van der Waals surface area contributed by atoms with Gasteiger partial charge in [-0.3, -0.25) is 0 Å². The van der Waals surface area contributed by atoms with Crippen molar-refractivity contribution in [3.8, 4) is 0 Å². The van der Waals surface area contributed by atoms with E-state index in [2.05, 4.69) is 24.4 Å². The fourth-order valence-corrected chi connectivity index (χ4v) is 3.76. The molecule has 0 aromatic heterocycles. The van der Waals surface area contributed by atoms with Crippen molar-refractivity contribution in [3.05, 3.63) is 34.9 Å². The summed E-state index contributed by atoms with van der Waals surface area (Å²) in [6.45, 7) is 3.49. The van der Waals surface area contributed by atoms with E-state index in [-0.39, 0.29) is 0 Å². The van der Waals surface area contributed by atoms with Crippen LogP contribution >= 0.6 is 23.4 Å². The first-order valence-electron chi connectivity index (χ1n) is 7.30. The molecule has 1 aromatic rings. The smallest absolute Gasteiger partial charge is 0.0446 e. The maximum absolute atomic E-state index is 6.14. The van der Waals surface area contributed by atoms with E-state index in [1.807, 2.05) is 23.9 Å². The normalized spacial score (nSPS) is 23.5. The summed E-state index contributed by atoms with van der Waals surface area (Å²) in [6, 6.07) is 8.90. The van der Waals surface area contributed by atoms with Gasteiger partial charge in [0.25, 0.3) is 0 Å². The topological polar surface area (TPSA) is 12.0 Å². The predicted molar refractivity (Wildman–Crippen MR) is 87.0 cm³/mol. The number of benzene rings is 1. The second-order valence-electron chi connectivity index (χ2n) is 5.55. The van der Waals surface area contributed by atoms with Gasteiger partial charge < -0.3 is 5.32 Å². The molecule has 1 aromatic carbocycles. The van der Waals surface area contributed by atoms with Gasteiger partial charge >= 0.3 is 0 Å². The minimum Gasteiger partial charge on any atom is -0.313 e. The van der Waals surface area contributed by atoms with Crippen LogP contribution in [0.5, 0.6) is 0 Å². The molecule has 0 heterocycles. The average Bonchev–Trinajstić information content (AvgIpc) is 2.42. The van der Waals surface area contributed by atoms with E-state index in [1.54, 1.807) is 0 Å². The molecular weight excluding hydrogens is 274 g/mol. The van der Waals surface area contributed by atoms with Gasteiger partial charge in [-0.15, -0.1) is 0 Å². The highest BCUT2D eigenvalue weighted by atomic mass is 35.5. The summed E-state index contributed by atoms with van der Waals surface area (Å²) in [7, 11) is 0. The quantitative estimate of drug-likeness (QED) is 0.761. The average molecular weight is 298 g/mol. The third-order valence-corrected chi connectivity index (χ3v) is 5.29. The summed E-state index contributed by atoms with van der Waals surface area (Å²) in [5.41, 5.74) is 1.25. The lowest BCUT2D eigenvalue weighted by atomic mass is 9.87. The SMILES string of the molecule is CC1CCC(NCCSCc2ccccc2Cl)CC1. The monoisotopic (exact) mass is 297 g/mol. The molecule has 1 nitrogen and oxygen atoms in total. The van der Waals surface area contributed by atoms with Crippen molar-refractivity contribution in [2.75, 3.05) is 12.3 Å². The van der Waals surface area contributed by atoms with Gasteiger partial charge in [0.15, 0.2) is 0 Å². The van der Waals surface area contributed by atoms with Crippen molar-refractivity contribution in [1.82, 2.24) is 5.32 Å². The Morgan fingerprint density at radius 1 is 1.21 bits per heavy atom. The summed E-state index contributed by atoms with van der Waals surface area (Å²) in [6.07, 6.45) is 5.50. The molecule has 106 valence electrons. The molecule has 1 fully saturated rings. The molecular formula is C16H24ClNS. The summed E-state index contributed by atoms with van der Waals surface area (Å²) in [5.74, 6) is 3.12. The Labute approximate surface area is 126 Å². The van der Waals surface area contributed by atoms with E-state index in [9.17, 15) is 0 Å². The molecule has 1 saturated carbocycles. The van der Waals surface area contributed by atoms with E-state index in [0.29, 0.717) is 0 Å². The first kappa shape index (κ1) is 15.2. The number of thioether (sulfide) groups is 1. The maximum Gasteiger partial charge on any atom is 0.0446 e. The number of hydrogen-bond acceptors (Lipinski definition) is 2. The molecule has 0 aliphatic heterocycles. The Kier molecular flexibility index (Phi) is 6.55. The van der Waals surface area contributed by atoms with Gasteiger partial charge in [-0.2, -0.15) is 11.8 Å². The van der Waals surface area contributed by atoms with E-state index >= 15 is 0 Å². The lowest BCUT2D eigenvalue weighted by Gasteiger charge is -2.26. The zero-order valence-corrected chi connectivity index (χ0v) is 13.3. The predicted octanol–water partition coefficient (Wildman–Crippen LogP) is 4.74. The lowest BCUT2D eigenvalue weighted by molar-refractivity contribution is 0.312. The van der Waals surface area contributed by atoms with Gasteiger partial charge in [0, 0.05) is 29.1 Å². The van der Waals surface area contributed by atoms with Crippen LogP contribution in [0.15, 0.2) is 24.3 Å². The standard InChI is InChI=1S/C16H24ClNS/c1-13-6-8-15(9-7-13)18-10-11-19-12-14-4-2-3-5-16(14)17/h2-5,13,15,18H,6-12H2,1H3. The molecule has 1 aliphatic carbocycles. The van der Waals surface area contributed by atoms with Crippen LogP contribution in [0.3, 0.4) is 0 Å². The number of halogens is 1. The van der Waals surface area contributed by atoms with Gasteiger partial charge in [0.05, 0.1) is 0 Å². The third-order valence-electron chi connectivity index (χ3n) is 3.91. The highest BCUT2D eigenvalue weighted by Crippen LogP contribution is 2.23. The molecule has 0 atom stereocenters. The molecule has 1 N–H and O–H groups in total. The van der Waals surface area contributed by atoms with E-state index in [0.717, 1.165) is 35.0 Å². The number of rotatable bonds is 6. The third kappa shape index (κ3) is 5.37. The first-order chi connectivity index (χ1) is 9.25. The minimum absolute atomic E-state index is 0.761. The van der Waals surface area contributed by atoms with Crippen LogP contribution in [0.25, 0.3) is 0 Å². The van der Waals surface area contributed by atoms with Crippen LogP contribution in [-0.2, 0) is 5.75 Å². The molecule has 1 aliphatic rings. The Balaban J connectivity index is 1.56. The van der Waals surface area contributed by atoms with Crippen LogP contribution < -0.4 is 5.32 Å². The van der Waals surface area contributed by atoms with Gasteiger partial charge in [0.2, 0.25) is 0 Å². The fraction of sp³-hybridized carbons (Fsp3) is 0.625. The molecule has 0 amide bonds. The summed E-state index contributed by atoms with van der Waals surface area (Å²) >= 11 is 8.11. The molecule has 0 bridgehead atoms. The summed E-state index contributed by atoms with van der Waals surface area (Å²) in [5, 5.41) is 4.58. The molecule has 0 spiro atoms. The van der Waals surface area contributed by atoms with Crippen molar-refractivity contribution in [3.63, 3.8) is 0 Å². The van der Waals surface area contributed by atoms with Crippen molar-refractivity contribution in [2.24, 2.45) is 5.92 Å². The second kappa shape index (κ2) is 8.18. The molecule has 0 unspecified atom stereocenters. The molecule has 0 radical (unpaired) electrons. The number of nitrogens with one attached hydrogen (secondary N) is 1. The van der Waals surface area contributed by atoms with E-state index in [1.165, 1.54) is 31.2 Å². The van der Waals surface area contributed by atoms with Crippen LogP contribution in [0.1, 0.15) is 38.2 Å². The Hall–Kier alpha value is -0.180. The first-order valence-corrected chi connectivity index (χ1v) is 8.83. The summed E-state index contributed by atoms with van der Waals surface area (Å²) < 4.78 is 0. The zero-order chi connectivity index (χ0) is 13.5. The highest BCUT2D eigenvalue weighted by molar-refractivity contribution is 7.98. The zero-order valence-electron chi connectivity index (χ0n) is 11.7. The Morgan fingerprint density at radius 3 is 2.68 bits per heavy atom. The molecule has 3 heteroatoms. The van der Waals surface area contributed by atoms with Crippen molar-refractivity contribution in [1.29, 1.82) is 0 Å². The molecule has 2 rings (SSSR count). The second-order valence-corrected chi connectivity index (χ2v) is 7.07. The fourth-order valence-electron chi connectivity index (χ4n) is 2.60. The van der Waals surface area contributed by atoms with Crippen LogP contribution in [-0.4, -0.2) is 18.3 Å².